The van der Waals surface area contributed by atoms with Gasteiger partial charge in [0.2, 0.25) is 21.5 Å². The zero-order valence-electron chi connectivity index (χ0n) is 15.2. The number of nitrogen functional groups attached to an aromatic ring is 1. The highest BCUT2D eigenvalue weighted by atomic mass is 32.2. The lowest BCUT2D eigenvalue weighted by molar-refractivity contribution is -0.458. The van der Waals surface area contributed by atoms with Gasteiger partial charge in [0.05, 0.1) is 24.1 Å². The fourth-order valence-electron chi connectivity index (χ4n) is 2.86. The molecule has 0 saturated heterocycles. The van der Waals surface area contributed by atoms with Gasteiger partial charge in [-0.3, -0.25) is 4.72 Å². The van der Waals surface area contributed by atoms with Crippen molar-refractivity contribution in [2.24, 2.45) is 0 Å². The molecule has 0 spiro atoms. The lowest BCUT2D eigenvalue weighted by Crippen LogP contribution is -2.30. The molecule has 0 amide bonds. The van der Waals surface area contributed by atoms with Crippen molar-refractivity contribution < 1.29 is 21.9 Å². The van der Waals surface area contributed by atoms with Gasteiger partial charge >= 0.3 is 0 Å². The molecule has 2 aromatic heterocycles. The highest BCUT2D eigenvalue weighted by Crippen LogP contribution is 2.27. The number of anilines is 2. The van der Waals surface area contributed by atoms with Gasteiger partial charge in [-0.15, -0.1) is 0 Å². The largest absolute Gasteiger partial charge is 0.382 e. The van der Waals surface area contributed by atoms with Crippen molar-refractivity contribution in [3.05, 3.63) is 71.8 Å². The first-order chi connectivity index (χ1) is 13.8. The van der Waals surface area contributed by atoms with Gasteiger partial charge in [0.25, 0.3) is 5.71 Å². The van der Waals surface area contributed by atoms with E-state index in [1.807, 2.05) is 0 Å². The molecule has 1 aromatic carbocycles. The third-order valence-electron chi connectivity index (χ3n) is 4.18. The van der Waals surface area contributed by atoms with Gasteiger partial charge in [0.15, 0.2) is 18.1 Å². The predicted molar refractivity (Wildman–Crippen MR) is 104 cm³/mol. The summed E-state index contributed by atoms with van der Waals surface area (Å²) in [5.41, 5.74) is 8.30. The highest BCUT2D eigenvalue weighted by molar-refractivity contribution is 7.92. The molecule has 0 bridgehead atoms. The molecule has 11 heteroatoms. The van der Waals surface area contributed by atoms with E-state index in [0.29, 0.717) is 22.7 Å². The minimum Gasteiger partial charge on any atom is -0.382 e. The lowest BCUT2D eigenvalue weighted by atomic mass is 10.1. The Kier molecular flexibility index (Phi) is 4.59. The summed E-state index contributed by atoms with van der Waals surface area (Å²) < 4.78 is 45.9. The van der Waals surface area contributed by atoms with E-state index in [0.717, 1.165) is 6.26 Å². The maximum absolute atomic E-state index is 14.2. The molecule has 3 N–H and O–H groups in total. The Morgan fingerprint density at radius 3 is 2.72 bits per heavy atom. The van der Waals surface area contributed by atoms with E-state index in [1.165, 1.54) is 18.5 Å². The Labute approximate surface area is 165 Å². The van der Waals surface area contributed by atoms with Crippen molar-refractivity contribution in [2.75, 3.05) is 16.7 Å². The normalized spacial score (nSPS) is 13.8. The van der Waals surface area contributed by atoms with Crippen LogP contribution in [0.25, 0.3) is 5.70 Å². The summed E-state index contributed by atoms with van der Waals surface area (Å²) in [6.45, 7) is 0.216. The van der Waals surface area contributed by atoms with Crippen LogP contribution in [0.3, 0.4) is 0 Å². The van der Waals surface area contributed by atoms with E-state index in [2.05, 4.69) is 19.8 Å². The van der Waals surface area contributed by atoms with Crippen molar-refractivity contribution in [3.8, 4) is 0 Å². The van der Waals surface area contributed by atoms with E-state index in [1.54, 1.807) is 34.9 Å². The number of nitrogens with one attached hydrogen (secondary N) is 1. The van der Waals surface area contributed by atoms with Gasteiger partial charge in [0, 0.05) is 6.07 Å². The molecule has 0 atom stereocenters. The molecule has 1 aliphatic rings. The minimum atomic E-state index is -3.52. The first-order valence-electron chi connectivity index (χ1n) is 8.43. The van der Waals surface area contributed by atoms with E-state index in [4.69, 9.17) is 10.3 Å². The Morgan fingerprint density at radius 1 is 1.28 bits per heavy atom. The number of rotatable bonds is 6. The molecule has 9 nitrogen and oxygen atoms in total. The standard InChI is InChI=1S/C18H15FN6O3S/c1-29(26,27)24-14-9-21-18(22-17(14)20)16-8-15(13-6-7-28-23-13)25(16)10-11-4-2-3-5-12(11)19/h2-9H,10H2,1H3,(H2,20,22,23)/p+1. The molecule has 3 heterocycles. The molecule has 4 rings (SSSR count). The van der Waals surface area contributed by atoms with Gasteiger partial charge in [-0.1, -0.05) is 17.3 Å². The number of nitrogens with zero attached hydrogens (tertiary/aromatic N) is 4. The number of sulfonamides is 1. The van der Waals surface area contributed by atoms with Crippen LogP contribution in [-0.4, -0.2) is 40.1 Å². The Balaban J connectivity index is 1.72. The van der Waals surface area contributed by atoms with Crippen molar-refractivity contribution >= 4 is 32.9 Å². The molecular formula is C18H16FN6O3S+. The SMILES string of the molecule is CS(=O)(=O)Nc1cnc(C2=[N+](Cc3ccccc3F)C(c3ccon3)=C2)nc1N. The van der Waals surface area contributed by atoms with Crippen LogP contribution in [0.2, 0.25) is 0 Å². The topological polar surface area (TPSA) is 127 Å². The minimum absolute atomic E-state index is 0.0259. The van der Waals surface area contributed by atoms with Crippen LogP contribution in [0, 0.1) is 5.82 Å². The van der Waals surface area contributed by atoms with Gasteiger partial charge < -0.3 is 10.3 Å². The second-order valence-corrected chi connectivity index (χ2v) is 8.09. The van der Waals surface area contributed by atoms with Crippen molar-refractivity contribution in [2.45, 2.75) is 6.54 Å². The van der Waals surface area contributed by atoms with E-state index in [-0.39, 0.29) is 29.7 Å². The smallest absolute Gasteiger partial charge is 0.258 e. The summed E-state index contributed by atoms with van der Waals surface area (Å²) in [6.07, 6.45) is 5.51. The first kappa shape index (κ1) is 18.7. The van der Waals surface area contributed by atoms with E-state index in [9.17, 15) is 12.8 Å². The Morgan fingerprint density at radius 2 is 2.07 bits per heavy atom. The highest BCUT2D eigenvalue weighted by Gasteiger charge is 2.36. The molecular weight excluding hydrogens is 399 g/mol. The fourth-order valence-corrected chi connectivity index (χ4v) is 3.41. The van der Waals surface area contributed by atoms with Gasteiger partial charge in [-0.05, 0) is 12.1 Å². The molecule has 148 valence electrons. The Bertz CT molecular complexity index is 1250. The molecule has 3 aromatic rings. The van der Waals surface area contributed by atoms with Crippen LogP contribution >= 0.6 is 0 Å². The van der Waals surface area contributed by atoms with Gasteiger partial charge in [-0.2, -0.15) is 4.58 Å². The zero-order chi connectivity index (χ0) is 20.6. The summed E-state index contributed by atoms with van der Waals surface area (Å²) in [5, 5.41) is 3.92. The molecule has 0 saturated carbocycles. The molecule has 0 aliphatic carbocycles. The quantitative estimate of drug-likeness (QED) is 0.586. The Hall–Kier alpha value is -3.60. The van der Waals surface area contributed by atoms with Crippen LogP contribution in [0.15, 0.2) is 53.4 Å². The summed E-state index contributed by atoms with van der Waals surface area (Å²) in [4.78, 5) is 8.39. The zero-order valence-corrected chi connectivity index (χ0v) is 16.0. The molecule has 0 unspecified atom stereocenters. The van der Waals surface area contributed by atoms with Crippen molar-refractivity contribution in [1.82, 2.24) is 15.1 Å². The number of halogens is 1. The van der Waals surface area contributed by atoms with Gasteiger partial charge in [-0.25, -0.2) is 22.8 Å². The summed E-state index contributed by atoms with van der Waals surface area (Å²) in [6, 6.07) is 8.11. The summed E-state index contributed by atoms with van der Waals surface area (Å²) in [7, 11) is -3.52. The summed E-state index contributed by atoms with van der Waals surface area (Å²) >= 11 is 0. The van der Waals surface area contributed by atoms with Crippen LogP contribution in [0.1, 0.15) is 17.1 Å². The molecule has 29 heavy (non-hydrogen) atoms. The average Bonchev–Trinajstić information content (AvgIpc) is 3.15. The van der Waals surface area contributed by atoms with Crippen LogP contribution in [0.5, 0.6) is 0 Å². The maximum Gasteiger partial charge on any atom is 0.258 e. The van der Waals surface area contributed by atoms with Gasteiger partial charge in [0.1, 0.15) is 17.8 Å². The number of hydrogen-bond donors (Lipinski definition) is 2. The third kappa shape index (κ3) is 3.85. The second kappa shape index (κ2) is 7.09. The number of benzene rings is 1. The van der Waals surface area contributed by atoms with Crippen LogP contribution in [-0.2, 0) is 16.6 Å². The number of nitrogens with two attached hydrogens (primary N) is 1. The molecule has 0 fully saturated rings. The second-order valence-electron chi connectivity index (χ2n) is 6.34. The van der Waals surface area contributed by atoms with Crippen LogP contribution in [0.4, 0.5) is 15.9 Å². The van der Waals surface area contributed by atoms with Crippen molar-refractivity contribution in [3.63, 3.8) is 0 Å². The van der Waals surface area contributed by atoms with E-state index < -0.39 is 10.0 Å². The predicted octanol–water partition coefficient (Wildman–Crippen LogP) is 1.61. The summed E-state index contributed by atoms with van der Waals surface area (Å²) in [5.74, 6) is -0.0985. The van der Waals surface area contributed by atoms with Crippen molar-refractivity contribution in [1.29, 1.82) is 0 Å². The molecule has 0 radical (unpaired) electrons. The third-order valence-corrected chi connectivity index (χ3v) is 4.77. The first-order valence-corrected chi connectivity index (χ1v) is 10.3. The van der Waals surface area contributed by atoms with E-state index >= 15 is 0 Å². The molecule has 1 aliphatic heterocycles. The lowest BCUT2D eigenvalue weighted by Gasteiger charge is -2.16. The average molecular weight is 415 g/mol. The van der Waals surface area contributed by atoms with Crippen LogP contribution < -0.4 is 10.5 Å². The monoisotopic (exact) mass is 415 g/mol. The number of allylic oxidation sites excluding steroid dienone is 1. The fraction of sp³-hybridized carbons (Fsp3) is 0.111. The number of aromatic nitrogens is 3. The number of hydrogen-bond acceptors (Lipinski definition) is 7. The maximum atomic E-state index is 14.2.